The van der Waals surface area contributed by atoms with E-state index in [1.165, 1.54) is 11.1 Å². The molecule has 0 saturated heterocycles. The molecule has 0 saturated carbocycles. The van der Waals surface area contributed by atoms with Crippen LogP contribution in [0, 0.1) is 0 Å². The van der Waals surface area contributed by atoms with Gasteiger partial charge in [0.05, 0.1) is 0 Å². The third-order valence-electron chi connectivity index (χ3n) is 2.90. The summed E-state index contributed by atoms with van der Waals surface area (Å²) in [5.74, 6) is 0. The highest BCUT2D eigenvalue weighted by atomic mass is 15.0. The molecule has 0 heterocycles. The first-order valence-electron chi connectivity index (χ1n) is 6.45. The lowest BCUT2D eigenvalue weighted by atomic mass is 10.1. The maximum absolute atomic E-state index is 5.76. The Hall–Kier alpha value is -2.00. The van der Waals surface area contributed by atoms with Gasteiger partial charge in [0, 0.05) is 24.5 Å². The van der Waals surface area contributed by atoms with Crippen LogP contribution in [-0.2, 0) is 13.1 Å². The van der Waals surface area contributed by atoms with Crippen LogP contribution >= 0.6 is 0 Å². The Balaban J connectivity index is 1.93. The second-order valence-corrected chi connectivity index (χ2v) is 5.03. The molecule has 3 nitrogen and oxygen atoms in total. The second-order valence-electron chi connectivity index (χ2n) is 5.03. The van der Waals surface area contributed by atoms with E-state index in [0.717, 1.165) is 24.5 Å². The van der Waals surface area contributed by atoms with Gasteiger partial charge in [-0.1, -0.05) is 24.3 Å². The Morgan fingerprint density at radius 1 is 1.00 bits per heavy atom. The maximum atomic E-state index is 5.76. The highest BCUT2D eigenvalue weighted by Crippen LogP contribution is 2.13. The van der Waals surface area contributed by atoms with Crippen molar-refractivity contribution in [3.05, 3.63) is 59.7 Å². The molecule has 3 N–H and O–H groups in total. The fraction of sp³-hybridized carbons (Fsp3) is 0.250. The predicted octanol–water partition coefficient (Wildman–Crippen LogP) is 2.94. The highest BCUT2D eigenvalue weighted by Gasteiger charge is 1.97. The average Bonchev–Trinajstić information content (AvgIpc) is 2.37. The molecule has 2 aromatic carbocycles. The summed E-state index contributed by atoms with van der Waals surface area (Å²) >= 11 is 0. The summed E-state index contributed by atoms with van der Waals surface area (Å²) in [4.78, 5) is 2.16. The summed E-state index contributed by atoms with van der Waals surface area (Å²) in [5, 5.41) is 3.40. The van der Waals surface area contributed by atoms with Crippen molar-refractivity contribution < 1.29 is 0 Å². The zero-order valence-electron chi connectivity index (χ0n) is 11.6. The fourth-order valence-corrected chi connectivity index (χ4v) is 2.00. The van der Waals surface area contributed by atoms with E-state index in [2.05, 4.69) is 54.6 Å². The van der Waals surface area contributed by atoms with E-state index in [4.69, 9.17) is 5.73 Å². The van der Waals surface area contributed by atoms with Gasteiger partial charge in [-0.05, 0) is 49.5 Å². The molecule has 2 aromatic rings. The lowest BCUT2D eigenvalue weighted by Gasteiger charge is -2.11. The molecular weight excluding hydrogens is 234 g/mol. The minimum Gasteiger partial charge on any atom is -0.399 e. The third kappa shape index (κ3) is 4.30. The standard InChI is InChI=1S/C16H21N3/c1-19(2)12-13-6-8-16(9-7-13)18-11-14-4-3-5-15(17)10-14/h3-10,18H,11-12,17H2,1-2H3. The van der Waals surface area contributed by atoms with E-state index in [-0.39, 0.29) is 0 Å². The first-order chi connectivity index (χ1) is 9.13. The Morgan fingerprint density at radius 3 is 2.37 bits per heavy atom. The summed E-state index contributed by atoms with van der Waals surface area (Å²) in [6.45, 7) is 1.76. The van der Waals surface area contributed by atoms with Crippen molar-refractivity contribution in [3.63, 3.8) is 0 Å². The molecule has 2 rings (SSSR count). The zero-order valence-corrected chi connectivity index (χ0v) is 11.6. The maximum Gasteiger partial charge on any atom is 0.0401 e. The van der Waals surface area contributed by atoms with Gasteiger partial charge in [-0.3, -0.25) is 0 Å². The predicted molar refractivity (Wildman–Crippen MR) is 82.0 cm³/mol. The lowest BCUT2D eigenvalue weighted by Crippen LogP contribution is -2.10. The van der Waals surface area contributed by atoms with Crippen LogP contribution in [0.3, 0.4) is 0 Å². The van der Waals surface area contributed by atoms with Crippen LogP contribution in [0.4, 0.5) is 11.4 Å². The summed E-state index contributed by atoms with van der Waals surface area (Å²) in [5.41, 5.74) is 10.2. The van der Waals surface area contributed by atoms with Gasteiger partial charge in [0.1, 0.15) is 0 Å². The van der Waals surface area contributed by atoms with Crippen LogP contribution in [0.2, 0.25) is 0 Å². The summed E-state index contributed by atoms with van der Waals surface area (Å²) < 4.78 is 0. The van der Waals surface area contributed by atoms with E-state index in [1.807, 2.05) is 18.2 Å². The van der Waals surface area contributed by atoms with Crippen molar-refractivity contribution in [3.8, 4) is 0 Å². The Kier molecular flexibility index (Phi) is 4.42. The number of nitrogens with zero attached hydrogens (tertiary/aromatic N) is 1. The Bertz CT molecular complexity index is 518. The van der Waals surface area contributed by atoms with Gasteiger partial charge in [-0.15, -0.1) is 0 Å². The van der Waals surface area contributed by atoms with Crippen LogP contribution in [-0.4, -0.2) is 19.0 Å². The number of nitrogens with one attached hydrogen (secondary N) is 1. The van der Waals surface area contributed by atoms with Gasteiger partial charge >= 0.3 is 0 Å². The first kappa shape index (κ1) is 13.4. The minimum atomic E-state index is 0.790. The topological polar surface area (TPSA) is 41.3 Å². The van der Waals surface area contributed by atoms with E-state index >= 15 is 0 Å². The molecule has 0 spiro atoms. The third-order valence-corrected chi connectivity index (χ3v) is 2.90. The summed E-state index contributed by atoms with van der Waals surface area (Å²) in [7, 11) is 4.15. The number of nitrogens with two attached hydrogens (primary N) is 1. The molecule has 0 aromatic heterocycles. The van der Waals surface area contributed by atoms with Gasteiger partial charge in [0.2, 0.25) is 0 Å². The average molecular weight is 255 g/mol. The van der Waals surface area contributed by atoms with Crippen LogP contribution < -0.4 is 11.1 Å². The molecule has 0 fully saturated rings. The van der Waals surface area contributed by atoms with E-state index in [1.54, 1.807) is 0 Å². The number of hydrogen-bond acceptors (Lipinski definition) is 3. The van der Waals surface area contributed by atoms with E-state index in [0.29, 0.717) is 0 Å². The largest absolute Gasteiger partial charge is 0.399 e. The fourth-order valence-electron chi connectivity index (χ4n) is 2.00. The lowest BCUT2D eigenvalue weighted by molar-refractivity contribution is 0.402. The second kappa shape index (κ2) is 6.25. The summed E-state index contributed by atoms with van der Waals surface area (Å²) in [6.07, 6.45) is 0. The van der Waals surface area contributed by atoms with Crippen LogP contribution in [0.5, 0.6) is 0 Å². The Labute approximate surface area is 115 Å². The molecule has 0 atom stereocenters. The number of hydrogen-bond donors (Lipinski definition) is 2. The van der Waals surface area contributed by atoms with Gasteiger partial charge in [0.25, 0.3) is 0 Å². The molecule has 0 aliphatic heterocycles. The van der Waals surface area contributed by atoms with Crippen molar-refractivity contribution in [2.45, 2.75) is 13.1 Å². The van der Waals surface area contributed by atoms with Crippen LogP contribution in [0.1, 0.15) is 11.1 Å². The highest BCUT2D eigenvalue weighted by molar-refractivity contribution is 5.47. The number of rotatable bonds is 5. The van der Waals surface area contributed by atoms with Crippen LogP contribution in [0.15, 0.2) is 48.5 Å². The molecule has 0 unspecified atom stereocenters. The zero-order chi connectivity index (χ0) is 13.7. The Morgan fingerprint density at radius 2 is 1.74 bits per heavy atom. The van der Waals surface area contributed by atoms with Crippen molar-refractivity contribution in [2.24, 2.45) is 0 Å². The van der Waals surface area contributed by atoms with Gasteiger partial charge in [0.15, 0.2) is 0 Å². The van der Waals surface area contributed by atoms with Gasteiger partial charge in [-0.2, -0.15) is 0 Å². The number of anilines is 2. The van der Waals surface area contributed by atoms with E-state index in [9.17, 15) is 0 Å². The smallest absolute Gasteiger partial charge is 0.0401 e. The van der Waals surface area contributed by atoms with Crippen molar-refractivity contribution >= 4 is 11.4 Å². The molecule has 3 heteroatoms. The summed E-state index contributed by atoms with van der Waals surface area (Å²) in [6, 6.07) is 16.5. The van der Waals surface area contributed by atoms with Crippen molar-refractivity contribution in [2.75, 3.05) is 25.1 Å². The van der Waals surface area contributed by atoms with Gasteiger partial charge in [-0.25, -0.2) is 0 Å². The van der Waals surface area contributed by atoms with Crippen LogP contribution in [0.25, 0.3) is 0 Å². The molecule has 100 valence electrons. The monoisotopic (exact) mass is 255 g/mol. The van der Waals surface area contributed by atoms with Crippen molar-refractivity contribution in [1.29, 1.82) is 0 Å². The molecular formula is C16H21N3. The molecule has 0 radical (unpaired) electrons. The normalized spacial score (nSPS) is 10.7. The quantitative estimate of drug-likeness (QED) is 0.807. The number of nitrogen functional groups attached to an aromatic ring is 1. The minimum absolute atomic E-state index is 0.790. The first-order valence-corrected chi connectivity index (χ1v) is 6.45. The molecule has 0 aliphatic rings. The molecule has 0 amide bonds. The van der Waals surface area contributed by atoms with Crippen molar-refractivity contribution in [1.82, 2.24) is 4.90 Å². The molecule has 0 aliphatic carbocycles. The SMILES string of the molecule is CN(C)Cc1ccc(NCc2cccc(N)c2)cc1. The van der Waals surface area contributed by atoms with E-state index < -0.39 is 0 Å². The van der Waals surface area contributed by atoms with Gasteiger partial charge < -0.3 is 16.0 Å². The molecule has 0 bridgehead atoms. The molecule has 19 heavy (non-hydrogen) atoms. The number of benzene rings is 2.